The normalized spacial score (nSPS) is 12.9. The minimum Gasteiger partial charge on any atom is -1.00 e. The highest BCUT2D eigenvalue weighted by Crippen LogP contribution is 2.56. The molecule has 0 aromatic heterocycles. The van der Waals surface area contributed by atoms with E-state index in [4.69, 9.17) is 0 Å². The number of aliphatic hydroxyl groups excluding tert-OH is 1. The first-order valence-corrected chi connectivity index (χ1v) is 10.7. The number of alkyl halides is 3. The fourth-order valence-corrected chi connectivity index (χ4v) is 7.71. The van der Waals surface area contributed by atoms with E-state index in [0.717, 1.165) is 15.9 Å². The van der Waals surface area contributed by atoms with Gasteiger partial charge in [-0.15, -0.1) is 0 Å². The maximum absolute atomic E-state index is 13.0. The highest BCUT2D eigenvalue weighted by atomic mass is 127. The summed E-state index contributed by atoms with van der Waals surface area (Å²) in [4.78, 5) is 0. The standard InChI is InChI=1S/C22H21F3OP.HI/c23-22(24,25)21(26)16-17-27(18-10-4-1-5-11-18,19-12-6-2-7-13-19)20-14-8-3-9-15-20;/h1-15,21,26H,16-17H2;1H/q+1;/p-1/t21-;/m1./s1. The van der Waals surface area contributed by atoms with Gasteiger partial charge in [-0.2, -0.15) is 13.2 Å². The predicted molar refractivity (Wildman–Crippen MR) is 107 cm³/mol. The van der Waals surface area contributed by atoms with Crippen LogP contribution in [0.3, 0.4) is 0 Å². The molecule has 0 saturated heterocycles. The van der Waals surface area contributed by atoms with Crippen LogP contribution >= 0.6 is 7.26 Å². The van der Waals surface area contributed by atoms with Gasteiger partial charge in [0.05, 0.1) is 6.16 Å². The number of benzene rings is 3. The molecule has 0 bridgehead atoms. The van der Waals surface area contributed by atoms with Gasteiger partial charge in [0.25, 0.3) is 0 Å². The zero-order chi connectivity index (χ0) is 19.3. The molecule has 3 aromatic rings. The topological polar surface area (TPSA) is 20.2 Å². The van der Waals surface area contributed by atoms with Gasteiger partial charge in [0.15, 0.2) is 6.10 Å². The molecule has 148 valence electrons. The fourth-order valence-electron chi connectivity index (χ4n) is 3.36. The van der Waals surface area contributed by atoms with Gasteiger partial charge in [0.2, 0.25) is 0 Å². The molecule has 0 saturated carbocycles. The second-order valence-electron chi connectivity index (χ2n) is 6.39. The molecule has 28 heavy (non-hydrogen) atoms. The summed E-state index contributed by atoms with van der Waals surface area (Å²) < 4.78 is 39.0. The van der Waals surface area contributed by atoms with Crippen LogP contribution in [0.2, 0.25) is 0 Å². The van der Waals surface area contributed by atoms with Crippen LogP contribution in [0, 0.1) is 0 Å². The van der Waals surface area contributed by atoms with E-state index in [-0.39, 0.29) is 36.6 Å². The minimum atomic E-state index is -4.61. The van der Waals surface area contributed by atoms with Crippen LogP contribution in [0.1, 0.15) is 6.42 Å². The van der Waals surface area contributed by atoms with Gasteiger partial charge in [-0.05, 0) is 36.4 Å². The van der Waals surface area contributed by atoms with Gasteiger partial charge < -0.3 is 29.1 Å². The molecule has 1 atom stereocenters. The molecule has 0 aliphatic rings. The molecule has 3 rings (SSSR count). The largest absolute Gasteiger partial charge is 1.00 e. The number of halogens is 4. The molecule has 1 nitrogen and oxygen atoms in total. The fraction of sp³-hybridized carbons (Fsp3) is 0.182. The third kappa shape index (κ3) is 4.94. The van der Waals surface area contributed by atoms with E-state index in [1.165, 1.54) is 0 Å². The highest BCUT2D eigenvalue weighted by Gasteiger charge is 2.48. The van der Waals surface area contributed by atoms with Crippen LogP contribution in [0.15, 0.2) is 91.0 Å². The van der Waals surface area contributed by atoms with E-state index in [2.05, 4.69) is 0 Å². The summed E-state index contributed by atoms with van der Waals surface area (Å²) in [6.07, 6.45) is -7.03. The highest BCUT2D eigenvalue weighted by molar-refractivity contribution is 7.95. The van der Waals surface area contributed by atoms with Crippen LogP contribution in [0.4, 0.5) is 13.2 Å². The first-order valence-electron chi connectivity index (χ1n) is 8.74. The maximum atomic E-state index is 13.0. The Kier molecular flexibility index (Phi) is 8.05. The Labute approximate surface area is 181 Å². The molecule has 0 fully saturated rings. The second-order valence-corrected chi connectivity index (χ2v) is 10.0. The summed E-state index contributed by atoms with van der Waals surface area (Å²) in [6, 6.07) is 29.1. The lowest BCUT2D eigenvalue weighted by molar-refractivity contribution is -0.203. The van der Waals surface area contributed by atoms with Crippen molar-refractivity contribution in [2.24, 2.45) is 0 Å². The first kappa shape index (κ1) is 22.9. The maximum Gasteiger partial charge on any atom is 0.414 e. The molecule has 0 radical (unpaired) electrons. The summed E-state index contributed by atoms with van der Waals surface area (Å²) in [5, 5.41) is 12.7. The zero-order valence-corrected chi connectivity index (χ0v) is 18.1. The average Bonchev–Trinajstić information content (AvgIpc) is 2.70. The molecule has 0 aliphatic heterocycles. The molecule has 0 spiro atoms. The lowest BCUT2D eigenvalue weighted by atomic mass is 10.3. The molecule has 0 heterocycles. The lowest BCUT2D eigenvalue weighted by Gasteiger charge is -2.28. The Morgan fingerprint density at radius 2 is 1.00 bits per heavy atom. The van der Waals surface area contributed by atoms with Crippen LogP contribution in [0.5, 0.6) is 0 Å². The van der Waals surface area contributed by atoms with Crippen molar-refractivity contribution in [3.8, 4) is 0 Å². The minimum absolute atomic E-state index is 0. The van der Waals surface area contributed by atoms with Crippen LogP contribution in [0.25, 0.3) is 0 Å². The van der Waals surface area contributed by atoms with E-state index in [9.17, 15) is 18.3 Å². The Bertz CT molecular complexity index is 745. The Balaban J connectivity index is 0.00000280. The van der Waals surface area contributed by atoms with E-state index in [0.29, 0.717) is 0 Å². The first-order chi connectivity index (χ1) is 12.9. The number of hydrogen-bond donors (Lipinski definition) is 1. The summed E-state index contributed by atoms with van der Waals surface area (Å²) in [7, 11) is -2.34. The Morgan fingerprint density at radius 1 is 0.679 bits per heavy atom. The molecule has 6 heteroatoms. The zero-order valence-electron chi connectivity index (χ0n) is 15.1. The Morgan fingerprint density at radius 3 is 1.29 bits per heavy atom. The predicted octanol–water partition coefficient (Wildman–Crippen LogP) is 1.30. The summed E-state index contributed by atoms with van der Waals surface area (Å²) in [6.45, 7) is 0. The van der Waals surface area contributed by atoms with Crippen molar-refractivity contribution >= 4 is 23.2 Å². The molecule has 1 N–H and O–H groups in total. The van der Waals surface area contributed by atoms with E-state index in [1.807, 2.05) is 91.0 Å². The smallest absolute Gasteiger partial charge is 0.414 e. The van der Waals surface area contributed by atoms with Gasteiger partial charge in [-0.3, -0.25) is 0 Å². The summed E-state index contributed by atoms with van der Waals surface area (Å²) >= 11 is 0. The van der Waals surface area contributed by atoms with Gasteiger partial charge >= 0.3 is 6.18 Å². The van der Waals surface area contributed by atoms with Gasteiger partial charge in [0, 0.05) is 6.42 Å². The van der Waals surface area contributed by atoms with E-state index < -0.39 is 19.5 Å². The van der Waals surface area contributed by atoms with Crippen molar-refractivity contribution in [1.29, 1.82) is 0 Å². The molecule has 0 aliphatic carbocycles. The van der Waals surface area contributed by atoms with E-state index >= 15 is 0 Å². The average molecular weight is 516 g/mol. The summed E-state index contributed by atoms with van der Waals surface area (Å²) in [5.41, 5.74) is 0. The second kappa shape index (κ2) is 9.86. The molecular formula is C22H21F3IOP. The quantitative estimate of drug-likeness (QED) is 0.387. The number of hydrogen-bond acceptors (Lipinski definition) is 1. The molecule has 3 aromatic carbocycles. The number of rotatable bonds is 6. The van der Waals surface area contributed by atoms with Crippen molar-refractivity contribution in [1.82, 2.24) is 0 Å². The monoisotopic (exact) mass is 516 g/mol. The number of aliphatic hydroxyl groups is 1. The van der Waals surface area contributed by atoms with Crippen molar-refractivity contribution in [3.05, 3.63) is 91.0 Å². The SMILES string of the molecule is O[C@H](CC[P+](c1ccccc1)(c1ccccc1)c1ccccc1)C(F)(F)F.[I-]. The molecule has 0 unspecified atom stereocenters. The van der Waals surface area contributed by atoms with E-state index in [1.54, 1.807) is 0 Å². The molecular weight excluding hydrogens is 495 g/mol. The van der Waals surface area contributed by atoms with Gasteiger partial charge in [0.1, 0.15) is 23.2 Å². The lowest BCUT2D eigenvalue weighted by Crippen LogP contribution is -3.00. The van der Waals surface area contributed by atoms with Crippen molar-refractivity contribution in [2.45, 2.75) is 18.7 Å². The van der Waals surface area contributed by atoms with Crippen LogP contribution in [-0.2, 0) is 0 Å². The molecule has 0 amide bonds. The van der Waals surface area contributed by atoms with Crippen molar-refractivity contribution < 1.29 is 42.3 Å². The van der Waals surface area contributed by atoms with Crippen molar-refractivity contribution in [2.75, 3.05) is 6.16 Å². The third-order valence-corrected chi connectivity index (χ3v) is 9.17. The summed E-state index contributed by atoms with van der Waals surface area (Å²) in [5.74, 6) is 0. The van der Waals surface area contributed by atoms with Gasteiger partial charge in [-0.1, -0.05) is 54.6 Å². The third-order valence-electron chi connectivity index (χ3n) is 4.71. The Hall–Kier alpha value is -1.43. The van der Waals surface area contributed by atoms with Crippen molar-refractivity contribution in [3.63, 3.8) is 0 Å². The van der Waals surface area contributed by atoms with Crippen LogP contribution in [-0.4, -0.2) is 23.5 Å². The van der Waals surface area contributed by atoms with Gasteiger partial charge in [-0.25, -0.2) is 0 Å². The van der Waals surface area contributed by atoms with Crippen LogP contribution < -0.4 is 39.9 Å².